The van der Waals surface area contributed by atoms with Crippen molar-refractivity contribution < 1.29 is 14.3 Å². The number of methoxy groups -OCH3 is 2. The summed E-state index contributed by atoms with van der Waals surface area (Å²) in [6.07, 6.45) is 2.56. The highest BCUT2D eigenvalue weighted by Gasteiger charge is 2.22. The molecule has 110 valence electrons. The molecule has 1 aliphatic rings. The summed E-state index contributed by atoms with van der Waals surface area (Å²) in [6.45, 7) is 2.51. The van der Waals surface area contributed by atoms with Gasteiger partial charge in [0.2, 0.25) is 5.91 Å². The van der Waals surface area contributed by atoms with Crippen molar-refractivity contribution in [1.82, 2.24) is 4.90 Å². The Hall–Kier alpha value is -1.55. The second-order valence-corrected chi connectivity index (χ2v) is 5.30. The topological polar surface area (TPSA) is 38.8 Å². The molecule has 1 aromatic rings. The van der Waals surface area contributed by atoms with Gasteiger partial charge >= 0.3 is 0 Å². The van der Waals surface area contributed by atoms with Crippen LogP contribution >= 0.6 is 0 Å². The molecule has 1 heterocycles. The number of carbonyl (C=O) groups excluding carboxylic acids is 1. The molecule has 1 saturated heterocycles. The van der Waals surface area contributed by atoms with Gasteiger partial charge in [-0.3, -0.25) is 4.79 Å². The minimum Gasteiger partial charge on any atom is -0.497 e. The highest BCUT2D eigenvalue weighted by atomic mass is 16.5. The molecule has 1 aliphatic heterocycles. The van der Waals surface area contributed by atoms with Gasteiger partial charge in [0.05, 0.1) is 13.5 Å². The van der Waals surface area contributed by atoms with Gasteiger partial charge in [0.1, 0.15) is 5.75 Å². The van der Waals surface area contributed by atoms with Gasteiger partial charge < -0.3 is 14.4 Å². The largest absolute Gasteiger partial charge is 0.497 e. The highest BCUT2D eigenvalue weighted by molar-refractivity contribution is 5.78. The Morgan fingerprint density at radius 3 is 2.40 bits per heavy atom. The molecule has 1 fully saturated rings. The second-order valence-electron chi connectivity index (χ2n) is 5.30. The van der Waals surface area contributed by atoms with Crippen LogP contribution in [0.1, 0.15) is 18.4 Å². The minimum absolute atomic E-state index is 0.214. The summed E-state index contributed by atoms with van der Waals surface area (Å²) in [5.74, 6) is 1.64. The van der Waals surface area contributed by atoms with Gasteiger partial charge in [-0.05, 0) is 36.5 Å². The van der Waals surface area contributed by atoms with Crippen LogP contribution in [0.3, 0.4) is 0 Å². The van der Waals surface area contributed by atoms with Crippen molar-refractivity contribution >= 4 is 5.91 Å². The maximum atomic E-state index is 12.2. The normalized spacial score (nSPS) is 16.2. The van der Waals surface area contributed by atoms with Crippen LogP contribution in [-0.4, -0.2) is 44.7 Å². The molecule has 1 aromatic carbocycles. The van der Waals surface area contributed by atoms with E-state index < -0.39 is 0 Å². The van der Waals surface area contributed by atoms with Gasteiger partial charge in [-0.2, -0.15) is 0 Å². The zero-order chi connectivity index (χ0) is 14.4. The first-order valence-electron chi connectivity index (χ1n) is 7.12. The van der Waals surface area contributed by atoms with E-state index in [1.54, 1.807) is 14.2 Å². The number of piperidine rings is 1. The zero-order valence-electron chi connectivity index (χ0n) is 12.3. The summed E-state index contributed by atoms with van der Waals surface area (Å²) >= 11 is 0. The van der Waals surface area contributed by atoms with Crippen molar-refractivity contribution in [2.24, 2.45) is 5.92 Å². The number of rotatable bonds is 5. The molecular weight excluding hydrogens is 254 g/mol. The molecule has 0 aromatic heterocycles. The van der Waals surface area contributed by atoms with E-state index in [4.69, 9.17) is 9.47 Å². The molecule has 0 N–H and O–H groups in total. The van der Waals surface area contributed by atoms with Gasteiger partial charge in [-0.15, -0.1) is 0 Å². The molecule has 20 heavy (non-hydrogen) atoms. The predicted octanol–water partition coefficient (Wildman–Crippen LogP) is 2.12. The van der Waals surface area contributed by atoms with Crippen LogP contribution in [0.2, 0.25) is 0 Å². The van der Waals surface area contributed by atoms with E-state index in [1.807, 2.05) is 29.2 Å². The summed E-state index contributed by atoms with van der Waals surface area (Å²) < 4.78 is 10.3. The van der Waals surface area contributed by atoms with Gasteiger partial charge in [-0.1, -0.05) is 12.1 Å². The van der Waals surface area contributed by atoms with Gasteiger partial charge in [0.25, 0.3) is 0 Å². The Bertz CT molecular complexity index is 422. The lowest BCUT2D eigenvalue weighted by atomic mass is 9.97. The average molecular weight is 277 g/mol. The average Bonchev–Trinajstić information content (AvgIpc) is 2.49. The zero-order valence-corrected chi connectivity index (χ0v) is 12.3. The Morgan fingerprint density at radius 1 is 1.20 bits per heavy atom. The SMILES string of the molecule is COCC1CCN(C(=O)Cc2ccc(OC)cc2)CC1. The maximum Gasteiger partial charge on any atom is 0.226 e. The molecule has 4 nitrogen and oxygen atoms in total. The van der Waals surface area contributed by atoms with Gasteiger partial charge in [-0.25, -0.2) is 0 Å². The number of likely N-dealkylation sites (tertiary alicyclic amines) is 1. The monoisotopic (exact) mass is 277 g/mol. The van der Waals surface area contributed by atoms with E-state index in [9.17, 15) is 4.79 Å². The molecule has 0 unspecified atom stereocenters. The van der Waals surface area contributed by atoms with Crippen molar-refractivity contribution in [2.75, 3.05) is 33.9 Å². The molecule has 0 spiro atoms. The van der Waals surface area contributed by atoms with Crippen LogP contribution < -0.4 is 4.74 Å². The number of carbonyl (C=O) groups is 1. The van der Waals surface area contributed by atoms with Crippen LogP contribution in [0.15, 0.2) is 24.3 Å². The number of hydrogen-bond acceptors (Lipinski definition) is 3. The third-order valence-electron chi connectivity index (χ3n) is 3.88. The number of benzene rings is 1. The van der Waals surface area contributed by atoms with Gasteiger partial charge in [0, 0.05) is 26.8 Å². The number of nitrogens with zero attached hydrogens (tertiary/aromatic N) is 1. The van der Waals surface area contributed by atoms with E-state index >= 15 is 0 Å². The maximum absolute atomic E-state index is 12.2. The minimum atomic E-state index is 0.214. The molecule has 0 bridgehead atoms. The van der Waals surface area contributed by atoms with Crippen LogP contribution in [0.5, 0.6) is 5.75 Å². The molecule has 0 aliphatic carbocycles. The molecule has 2 rings (SSSR count). The van der Waals surface area contributed by atoms with E-state index in [-0.39, 0.29) is 5.91 Å². The van der Waals surface area contributed by atoms with Crippen LogP contribution in [0, 0.1) is 5.92 Å². The van der Waals surface area contributed by atoms with Crippen molar-refractivity contribution in [2.45, 2.75) is 19.3 Å². The Balaban J connectivity index is 1.83. The summed E-state index contributed by atoms with van der Waals surface area (Å²) in [5.41, 5.74) is 1.04. The van der Waals surface area contributed by atoms with E-state index in [0.29, 0.717) is 12.3 Å². The molecule has 0 saturated carbocycles. The molecule has 0 radical (unpaired) electrons. The highest BCUT2D eigenvalue weighted by Crippen LogP contribution is 2.19. The fourth-order valence-electron chi connectivity index (χ4n) is 2.61. The lowest BCUT2D eigenvalue weighted by Gasteiger charge is -2.31. The number of hydrogen-bond donors (Lipinski definition) is 0. The fourth-order valence-corrected chi connectivity index (χ4v) is 2.61. The second kappa shape index (κ2) is 7.29. The fraction of sp³-hybridized carbons (Fsp3) is 0.562. The Kier molecular flexibility index (Phi) is 5.41. The van der Waals surface area contributed by atoms with Crippen LogP contribution in [0.4, 0.5) is 0 Å². The molecular formula is C16H23NO3. The molecule has 0 atom stereocenters. The summed E-state index contributed by atoms with van der Waals surface area (Å²) in [7, 11) is 3.38. The molecule has 1 amide bonds. The molecule has 4 heteroatoms. The van der Waals surface area contributed by atoms with Crippen molar-refractivity contribution in [3.8, 4) is 5.75 Å². The first kappa shape index (κ1) is 14.9. The Labute approximate surface area is 120 Å². The summed E-state index contributed by atoms with van der Waals surface area (Å²) in [6, 6.07) is 7.70. The standard InChI is InChI=1S/C16H23NO3/c1-19-12-14-7-9-17(10-8-14)16(18)11-13-3-5-15(20-2)6-4-13/h3-6,14H,7-12H2,1-2H3. The van der Waals surface area contributed by atoms with E-state index in [0.717, 1.165) is 43.9 Å². The Morgan fingerprint density at radius 2 is 1.85 bits per heavy atom. The lowest BCUT2D eigenvalue weighted by Crippen LogP contribution is -2.40. The van der Waals surface area contributed by atoms with Crippen LogP contribution in [-0.2, 0) is 16.0 Å². The van der Waals surface area contributed by atoms with Crippen molar-refractivity contribution in [1.29, 1.82) is 0 Å². The van der Waals surface area contributed by atoms with Crippen molar-refractivity contribution in [3.05, 3.63) is 29.8 Å². The first-order chi connectivity index (χ1) is 9.72. The summed E-state index contributed by atoms with van der Waals surface area (Å²) in [4.78, 5) is 14.2. The lowest BCUT2D eigenvalue weighted by molar-refractivity contribution is -0.132. The summed E-state index contributed by atoms with van der Waals surface area (Å²) in [5, 5.41) is 0. The third kappa shape index (κ3) is 3.97. The third-order valence-corrected chi connectivity index (χ3v) is 3.88. The number of amides is 1. The smallest absolute Gasteiger partial charge is 0.226 e. The first-order valence-corrected chi connectivity index (χ1v) is 7.12. The predicted molar refractivity (Wildman–Crippen MR) is 77.9 cm³/mol. The van der Waals surface area contributed by atoms with Crippen LogP contribution in [0.25, 0.3) is 0 Å². The van der Waals surface area contributed by atoms with Crippen molar-refractivity contribution in [3.63, 3.8) is 0 Å². The van der Waals surface area contributed by atoms with E-state index in [1.165, 1.54) is 0 Å². The van der Waals surface area contributed by atoms with Gasteiger partial charge in [0.15, 0.2) is 0 Å². The van der Waals surface area contributed by atoms with E-state index in [2.05, 4.69) is 0 Å². The quantitative estimate of drug-likeness (QED) is 0.827. The number of ether oxygens (including phenoxy) is 2.